The van der Waals surface area contributed by atoms with E-state index in [1.54, 1.807) is 4.42 Å². The zero-order valence-electron chi connectivity index (χ0n) is 11.8. The third-order valence-corrected chi connectivity index (χ3v) is 3.53. The Labute approximate surface area is 133 Å². The molecule has 22 heavy (non-hydrogen) atoms. The molecule has 0 spiro atoms. The molecule has 2 aromatic rings. The van der Waals surface area contributed by atoms with Crippen LogP contribution in [0.4, 0.5) is 16.2 Å². The van der Waals surface area contributed by atoms with Gasteiger partial charge in [-0.2, -0.15) is 0 Å². The Morgan fingerprint density at radius 1 is 1.05 bits per heavy atom. The van der Waals surface area contributed by atoms with E-state index >= 15 is 0 Å². The van der Waals surface area contributed by atoms with Gasteiger partial charge in [0, 0.05) is 28.7 Å². The number of carbonyl (C=O) groups excluding carboxylic acids is 1. The van der Waals surface area contributed by atoms with Gasteiger partial charge in [-0.05, 0) is 24.3 Å². The first kappa shape index (κ1) is 14.4. The highest BCUT2D eigenvalue weighted by molar-refractivity contribution is 6.26. The van der Waals surface area contributed by atoms with Gasteiger partial charge in [-0.1, -0.05) is 30.3 Å². The number of aliphatic imine (C=N–C) groups is 1. The molecule has 5 nitrogen and oxygen atoms in total. The van der Waals surface area contributed by atoms with Gasteiger partial charge in [0.25, 0.3) is 0 Å². The van der Waals surface area contributed by atoms with Crippen LogP contribution in [0.3, 0.4) is 0 Å². The molecule has 0 aliphatic carbocycles. The molecule has 1 heterocycles. The molecule has 0 bridgehead atoms. The standard InChI is InChI=1S/C16H15ClN4O/c17-21-10-9-18-15(21)12-5-4-8-14(11-12)20-16(22)19-13-6-2-1-3-7-13/h1-8,11H,9-10H2,(H2,19,20,22). The van der Waals surface area contributed by atoms with Gasteiger partial charge < -0.3 is 10.6 Å². The van der Waals surface area contributed by atoms with Crippen LogP contribution in [0.5, 0.6) is 0 Å². The summed E-state index contributed by atoms with van der Waals surface area (Å²) in [5, 5.41) is 5.57. The lowest BCUT2D eigenvalue weighted by molar-refractivity contribution is 0.262. The van der Waals surface area contributed by atoms with E-state index in [1.165, 1.54) is 0 Å². The number of nitrogens with zero attached hydrogens (tertiary/aromatic N) is 2. The molecule has 2 N–H and O–H groups in total. The molecule has 0 saturated carbocycles. The number of benzene rings is 2. The van der Waals surface area contributed by atoms with E-state index in [-0.39, 0.29) is 6.03 Å². The second kappa shape index (κ2) is 6.49. The van der Waals surface area contributed by atoms with Crippen LogP contribution >= 0.6 is 11.8 Å². The Morgan fingerprint density at radius 3 is 2.50 bits per heavy atom. The first-order chi connectivity index (χ1) is 10.7. The number of nitrogens with one attached hydrogen (secondary N) is 2. The molecule has 0 saturated heterocycles. The average Bonchev–Trinajstić information content (AvgIpc) is 2.94. The lowest BCUT2D eigenvalue weighted by Gasteiger charge is -2.12. The van der Waals surface area contributed by atoms with Crippen molar-refractivity contribution in [3.8, 4) is 0 Å². The summed E-state index contributed by atoms with van der Waals surface area (Å²) in [6.45, 7) is 1.38. The van der Waals surface area contributed by atoms with Crippen LogP contribution in [0.2, 0.25) is 0 Å². The van der Waals surface area contributed by atoms with Gasteiger partial charge in [-0.25, -0.2) is 4.79 Å². The van der Waals surface area contributed by atoms with Crippen LogP contribution in [0, 0.1) is 0 Å². The van der Waals surface area contributed by atoms with Crippen LogP contribution in [0.15, 0.2) is 59.6 Å². The number of halogens is 1. The smallest absolute Gasteiger partial charge is 0.308 e. The monoisotopic (exact) mass is 314 g/mol. The van der Waals surface area contributed by atoms with Crippen molar-refractivity contribution in [2.75, 3.05) is 23.7 Å². The molecule has 0 radical (unpaired) electrons. The fourth-order valence-corrected chi connectivity index (χ4v) is 2.44. The summed E-state index contributed by atoms with van der Waals surface area (Å²) in [5.74, 6) is 0.730. The summed E-state index contributed by atoms with van der Waals surface area (Å²) >= 11 is 6.08. The number of hydrogen-bond acceptors (Lipinski definition) is 3. The van der Waals surface area contributed by atoms with Crippen LogP contribution in [0.25, 0.3) is 0 Å². The Bertz CT molecular complexity index is 702. The second-order valence-corrected chi connectivity index (χ2v) is 5.23. The summed E-state index contributed by atoms with van der Waals surface area (Å²) in [7, 11) is 0. The van der Waals surface area contributed by atoms with Crippen molar-refractivity contribution in [1.29, 1.82) is 0 Å². The maximum absolute atomic E-state index is 12.0. The third-order valence-electron chi connectivity index (χ3n) is 3.20. The van der Waals surface area contributed by atoms with E-state index in [9.17, 15) is 4.79 Å². The molecular formula is C16H15ClN4O. The Balaban J connectivity index is 1.69. The second-order valence-electron chi connectivity index (χ2n) is 4.82. The summed E-state index contributed by atoms with van der Waals surface area (Å²) in [6.07, 6.45) is 0. The zero-order valence-corrected chi connectivity index (χ0v) is 12.5. The molecule has 2 aromatic carbocycles. The van der Waals surface area contributed by atoms with Gasteiger partial charge >= 0.3 is 6.03 Å². The highest BCUT2D eigenvalue weighted by Gasteiger charge is 2.16. The number of urea groups is 1. The van der Waals surface area contributed by atoms with Crippen LogP contribution < -0.4 is 10.6 Å². The predicted octanol–water partition coefficient (Wildman–Crippen LogP) is 3.55. The fourth-order valence-electron chi connectivity index (χ4n) is 2.21. The van der Waals surface area contributed by atoms with Crippen molar-refractivity contribution in [3.05, 3.63) is 60.2 Å². The number of amides is 2. The van der Waals surface area contributed by atoms with Crippen LogP contribution in [0.1, 0.15) is 5.56 Å². The molecule has 1 aliphatic rings. The first-order valence-corrected chi connectivity index (χ1v) is 7.27. The number of amidine groups is 1. The number of carbonyl (C=O) groups is 1. The Hall–Kier alpha value is -2.53. The van der Waals surface area contributed by atoms with E-state index in [0.717, 1.165) is 17.1 Å². The predicted molar refractivity (Wildman–Crippen MR) is 89.5 cm³/mol. The van der Waals surface area contributed by atoms with Crippen LogP contribution in [-0.2, 0) is 0 Å². The van der Waals surface area contributed by atoms with Gasteiger partial charge in [0.15, 0.2) is 0 Å². The minimum Gasteiger partial charge on any atom is -0.308 e. The highest BCUT2D eigenvalue weighted by Crippen LogP contribution is 2.17. The largest absolute Gasteiger partial charge is 0.323 e. The van der Waals surface area contributed by atoms with Gasteiger partial charge in [0.05, 0.1) is 13.1 Å². The van der Waals surface area contributed by atoms with Crippen molar-refractivity contribution in [2.45, 2.75) is 0 Å². The Morgan fingerprint density at radius 2 is 1.77 bits per heavy atom. The lowest BCUT2D eigenvalue weighted by Crippen LogP contribution is -2.20. The number of anilines is 2. The van der Waals surface area contributed by atoms with Gasteiger partial charge in [0.1, 0.15) is 5.84 Å². The molecular weight excluding hydrogens is 300 g/mol. The van der Waals surface area contributed by atoms with Crippen molar-refractivity contribution < 1.29 is 4.79 Å². The van der Waals surface area contributed by atoms with Crippen LogP contribution in [-0.4, -0.2) is 29.4 Å². The molecule has 0 fully saturated rings. The van der Waals surface area contributed by atoms with Gasteiger partial charge in [-0.3, -0.25) is 9.41 Å². The minimum absolute atomic E-state index is 0.292. The molecule has 6 heteroatoms. The van der Waals surface area contributed by atoms with Crippen molar-refractivity contribution in [2.24, 2.45) is 4.99 Å². The zero-order chi connectivity index (χ0) is 15.4. The molecule has 2 amide bonds. The van der Waals surface area contributed by atoms with Crippen molar-refractivity contribution in [3.63, 3.8) is 0 Å². The highest BCUT2D eigenvalue weighted by atomic mass is 35.5. The summed E-state index contributed by atoms with van der Waals surface area (Å²) in [4.78, 5) is 16.3. The quantitative estimate of drug-likeness (QED) is 0.851. The first-order valence-electron chi connectivity index (χ1n) is 6.93. The number of para-hydroxylation sites is 1. The van der Waals surface area contributed by atoms with Crippen molar-refractivity contribution >= 4 is 35.0 Å². The molecule has 0 atom stereocenters. The van der Waals surface area contributed by atoms with Gasteiger partial charge in [-0.15, -0.1) is 0 Å². The summed E-state index contributed by atoms with van der Waals surface area (Å²) in [6, 6.07) is 16.4. The van der Waals surface area contributed by atoms with Crippen molar-refractivity contribution in [1.82, 2.24) is 4.42 Å². The number of rotatable bonds is 3. The van der Waals surface area contributed by atoms with E-state index in [2.05, 4.69) is 15.6 Å². The molecule has 1 aliphatic heterocycles. The molecule has 112 valence electrons. The van der Waals surface area contributed by atoms with E-state index in [1.807, 2.05) is 54.6 Å². The third kappa shape index (κ3) is 3.38. The maximum Gasteiger partial charge on any atom is 0.323 e. The SMILES string of the molecule is O=C(Nc1ccccc1)Nc1cccc(C2=NCCN2Cl)c1. The lowest BCUT2D eigenvalue weighted by atomic mass is 10.2. The van der Waals surface area contributed by atoms with E-state index in [4.69, 9.17) is 11.8 Å². The molecule has 0 aromatic heterocycles. The summed E-state index contributed by atoms with van der Waals surface area (Å²) < 4.78 is 1.59. The molecule has 3 rings (SSSR count). The summed E-state index contributed by atoms with van der Waals surface area (Å²) in [5.41, 5.74) is 2.30. The van der Waals surface area contributed by atoms with Gasteiger partial charge in [0.2, 0.25) is 0 Å². The topological polar surface area (TPSA) is 56.7 Å². The fraction of sp³-hybridized carbons (Fsp3) is 0.125. The maximum atomic E-state index is 12.0. The van der Waals surface area contributed by atoms with E-state index < -0.39 is 0 Å². The average molecular weight is 315 g/mol. The Kier molecular flexibility index (Phi) is 4.25. The van der Waals surface area contributed by atoms with E-state index in [0.29, 0.717) is 18.8 Å². The number of hydrogen-bond donors (Lipinski definition) is 2. The molecule has 0 unspecified atom stereocenters. The minimum atomic E-state index is -0.292. The normalized spacial score (nSPS) is 13.7.